The first kappa shape index (κ1) is 14.6. The maximum absolute atomic E-state index is 13.6. The van der Waals surface area contributed by atoms with Gasteiger partial charge in [0, 0.05) is 24.8 Å². The highest BCUT2D eigenvalue weighted by Gasteiger charge is 2.13. The molecule has 0 amide bonds. The fourth-order valence-electron chi connectivity index (χ4n) is 2.11. The molecule has 2 aromatic rings. The molecular formula is C14H18F2N4. The first-order chi connectivity index (χ1) is 9.62. The standard InChI is InChI=1S/C14H18F2N4/c1-2-20-9-10(8-18-20)5-13(19-17)6-11-3-4-12(15)7-14(11)16/h3-4,7-9,13,19H,2,5-6,17H2,1H3. The van der Waals surface area contributed by atoms with Crippen molar-refractivity contribution in [3.8, 4) is 0 Å². The molecule has 0 aliphatic rings. The second-order valence-corrected chi connectivity index (χ2v) is 4.71. The van der Waals surface area contributed by atoms with Crippen LogP contribution in [0.1, 0.15) is 18.1 Å². The van der Waals surface area contributed by atoms with Gasteiger partial charge in [-0.1, -0.05) is 6.07 Å². The molecule has 6 heteroatoms. The van der Waals surface area contributed by atoms with E-state index in [-0.39, 0.29) is 6.04 Å². The lowest BCUT2D eigenvalue weighted by Gasteiger charge is -2.15. The van der Waals surface area contributed by atoms with Crippen molar-refractivity contribution < 1.29 is 8.78 Å². The van der Waals surface area contributed by atoms with Crippen molar-refractivity contribution in [1.29, 1.82) is 0 Å². The van der Waals surface area contributed by atoms with Crippen molar-refractivity contribution in [2.75, 3.05) is 0 Å². The Bertz CT molecular complexity index is 568. The molecule has 1 unspecified atom stereocenters. The van der Waals surface area contributed by atoms with Crippen molar-refractivity contribution in [3.05, 3.63) is 53.4 Å². The molecule has 0 spiro atoms. The minimum atomic E-state index is -0.576. The van der Waals surface area contributed by atoms with Gasteiger partial charge in [-0.15, -0.1) is 0 Å². The van der Waals surface area contributed by atoms with Gasteiger partial charge in [0.25, 0.3) is 0 Å². The fraction of sp³-hybridized carbons (Fsp3) is 0.357. The van der Waals surface area contributed by atoms with Crippen LogP contribution >= 0.6 is 0 Å². The molecule has 0 aliphatic heterocycles. The number of halogens is 2. The molecule has 20 heavy (non-hydrogen) atoms. The first-order valence-electron chi connectivity index (χ1n) is 6.53. The second-order valence-electron chi connectivity index (χ2n) is 4.71. The summed E-state index contributed by atoms with van der Waals surface area (Å²) in [6, 6.07) is 3.45. The Labute approximate surface area is 116 Å². The third kappa shape index (κ3) is 3.61. The van der Waals surface area contributed by atoms with Crippen molar-refractivity contribution in [2.24, 2.45) is 5.84 Å². The number of rotatable bonds is 6. The summed E-state index contributed by atoms with van der Waals surface area (Å²) in [5.74, 6) is 4.39. The Hall–Kier alpha value is -1.79. The molecule has 1 heterocycles. The summed E-state index contributed by atoms with van der Waals surface area (Å²) in [4.78, 5) is 0. The van der Waals surface area contributed by atoms with Gasteiger partial charge in [0.2, 0.25) is 0 Å². The summed E-state index contributed by atoms with van der Waals surface area (Å²) in [6.45, 7) is 2.80. The highest BCUT2D eigenvalue weighted by atomic mass is 19.1. The monoisotopic (exact) mass is 280 g/mol. The molecule has 1 aromatic carbocycles. The van der Waals surface area contributed by atoms with E-state index in [1.165, 1.54) is 12.1 Å². The average Bonchev–Trinajstić information content (AvgIpc) is 2.88. The third-order valence-electron chi connectivity index (χ3n) is 3.21. The van der Waals surface area contributed by atoms with Gasteiger partial charge < -0.3 is 0 Å². The summed E-state index contributed by atoms with van der Waals surface area (Å²) >= 11 is 0. The van der Waals surface area contributed by atoms with Gasteiger partial charge in [0.1, 0.15) is 11.6 Å². The smallest absolute Gasteiger partial charge is 0.129 e. The first-order valence-corrected chi connectivity index (χ1v) is 6.53. The fourth-order valence-corrected chi connectivity index (χ4v) is 2.11. The van der Waals surface area contributed by atoms with E-state index in [9.17, 15) is 8.78 Å². The lowest BCUT2D eigenvalue weighted by Crippen LogP contribution is -2.38. The third-order valence-corrected chi connectivity index (χ3v) is 3.21. The molecule has 0 saturated carbocycles. The van der Waals surface area contributed by atoms with Crippen molar-refractivity contribution >= 4 is 0 Å². The van der Waals surface area contributed by atoms with E-state index in [0.717, 1.165) is 18.2 Å². The Morgan fingerprint density at radius 2 is 2.15 bits per heavy atom. The van der Waals surface area contributed by atoms with Crippen molar-refractivity contribution in [3.63, 3.8) is 0 Å². The Kier molecular flexibility index (Phi) is 4.81. The van der Waals surface area contributed by atoms with E-state index >= 15 is 0 Å². The highest BCUT2D eigenvalue weighted by molar-refractivity contribution is 5.20. The number of hydrogen-bond donors (Lipinski definition) is 2. The summed E-state index contributed by atoms with van der Waals surface area (Å²) < 4.78 is 28.3. The van der Waals surface area contributed by atoms with Crippen LogP contribution < -0.4 is 11.3 Å². The Morgan fingerprint density at radius 3 is 2.75 bits per heavy atom. The molecule has 0 aliphatic carbocycles. The van der Waals surface area contributed by atoms with E-state index in [2.05, 4.69) is 10.5 Å². The van der Waals surface area contributed by atoms with Crippen molar-refractivity contribution in [1.82, 2.24) is 15.2 Å². The summed E-state index contributed by atoms with van der Waals surface area (Å²) in [5, 5.41) is 4.18. The molecular weight excluding hydrogens is 262 g/mol. The number of hydrogen-bond acceptors (Lipinski definition) is 3. The Balaban J connectivity index is 2.04. The van der Waals surface area contributed by atoms with Gasteiger partial charge in [-0.2, -0.15) is 5.10 Å². The highest BCUT2D eigenvalue weighted by Crippen LogP contribution is 2.13. The molecule has 0 bridgehead atoms. The predicted molar refractivity (Wildman–Crippen MR) is 72.8 cm³/mol. The van der Waals surface area contributed by atoms with Crippen LogP contribution in [0.2, 0.25) is 0 Å². The van der Waals surface area contributed by atoms with Crippen LogP contribution in [0.4, 0.5) is 8.78 Å². The van der Waals surface area contributed by atoms with Crippen LogP contribution in [0.5, 0.6) is 0 Å². The summed E-state index contributed by atoms with van der Waals surface area (Å²) in [7, 11) is 0. The van der Waals surface area contributed by atoms with E-state index in [1.54, 1.807) is 6.20 Å². The van der Waals surface area contributed by atoms with E-state index < -0.39 is 11.6 Å². The molecule has 1 aromatic heterocycles. The zero-order valence-electron chi connectivity index (χ0n) is 11.3. The van der Waals surface area contributed by atoms with Gasteiger partial charge in [0.05, 0.1) is 6.20 Å². The topological polar surface area (TPSA) is 55.9 Å². The minimum Gasteiger partial charge on any atom is -0.273 e. The number of nitrogens with two attached hydrogens (primary N) is 1. The van der Waals surface area contributed by atoms with Crippen molar-refractivity contribution in [2.45, 2.75) is 32.4 Å². The molecule has 108 valence electrons. The van der Waals surface area contributed by atoms with Gasteiger partial charge in [-0.25, -0.2) is 8.78 Å². The predicted octanol–water partition coefficient (Wildman–Crippen LogP) is 1.80. The molecule has 0 radical (unpaired) electrons. The maximum Gasteiger partial charge on any atom is 0.129 e. The van der Waals surface area contributed by atoms with Gasteiger partial charge in [0.15, 0.2) is 0 Å². The lowest BCUT2D eigenvalue weighted by molar-refractivity contribution is 0.502. The van der Waals surface area contributed by atoms with Gasteiger partial charge in [-0.3, -0.25) is 16.0 Å². The average molecular weight is 280 g/mol. The Morgan fingerprint density at radius 1 is 1.35 bits per heavy atom. The number of nitrogens with zero attached hydrogens (tertiary/aromatic N) is 2. The maximum atomic E-state index is 13.6. The van der Waals surface area contributed by atoms with Crippen LogP contribution in [-0.4, -0.2) is 15.8 Å². The largest absolute Gasteiger partial charge is 0.273 e. The summed E-state index contributed by atoms with van der Waals surface area (Å²) in [5.41, 5.74) is 4.14. The van der Waals surface area contributed by atoms with Gasteiger partial charge in [-0.05, 0) is 37.0 Å². The molecule has 1 atom stereocenters. The quantitative estimate of drug-likeness (QED) is 0.626. The number of aromatic nitrogens is 2. The van der Waals surface area contributed by atoms with Crippen LogP contribution in [0.15, 0.2) is 30.6 Å². The molecule has 4 nitrogen and oxygen atoms in total. The zero-order valence-corrected chi connectivity index (χ0v) is 11.3. The van der Waals surface area contributed by atoms with E-state index in [0.29, 0.717) is 18.4 Å². The molecule has 0 fully saturated rings. The zero-order chi connectivity index (χ0) is 14.5. The van der Waals surface area contributed by atoms with Gasteiger partial charge >= 0.3 is 0 Å². The molecule has 3 N–H and O–H groups in total. The SMILES string of the molecule is CCn1cc(CC(Cc2ccc(F)cc2F)NN)cn1. The normalized spacial score (nSPS) is 12.6. The van der Waals surface area contributed by atoms with Crippen LogP contribution in [0.3, 0.4) is 0 Å². The number of nitrogens with one attached hydrogen (secondary N) is 1. The van der Waals surface area contributed by atoms with Crippen LogP contribution in [0.25, 0.3) is 0 Å². The molecule has 2 rings (SSSR count). The number of aryl methyl sites for hydroxylation is 1. The van der Waals surface area contributed by atoms with Crippen LogP contribution in [-0.2, 0) is 19.4 Å². The van der Waals surface area contributed by atoms with Crippen LogP contribution in [0, 0.1) is 11.6 Å². The van der Waals surface area contributed by atoms with E-state index in [4.69, 9.17) is 5.84 Å². The molecule has 0 saturated heterocycles. The summed E-state index contributed by atoms with van der Waals surface area (Å²) in [6.07, 6.45) is 4.73. The second kappa shape index (κ2) is 6.58. The van der Waals surface area contributed by atoms with E-state index in [1.807, 2.05) is 17.8 Å². The number of benzene rings is 1. The lowest BCUT2D eigenvalue weighted by atomic mass is 10.0. The minimum absolute atomic E-state index is 0.135. The number of hydrazine groups is 1.